The summed E-state index contributed by atoms with van der Waals surface area (Å²) >= 11 is 1.64. The number of hydrogen-bond donors (Lipinski definition) is 1. The van der Waals surface area contributed by atoms with Crippen molar-refractivity contribution >= 4 is 23.4 Å². The molecule has 120 valence electrons. The second-order valence-corrected chi connectivity index (χ2v) is 5.69. The lowest BCUT2D eigenvalue weighted by atomic mass is 10.3. The molecule has 0 saturated carbocycles. The van der Waals surface area contributed by atoms with E-state index in [0.29, 0.717) is 6.54 Å². The van der Waals surface area contributed by atoms with Crippen LogP contribution in [0.25, 0.3) is 0 Å². The molecule has 1 aromatic rings. The zero-order valence-corrected chi connectivity index (χ0v) is 13.5. The normalized spacial score (nSPS) is 13.1. The molecule has 1 unspecified atom stereocenters. The van der Waals surface area contributed by atoms with Gasteiger partial charge in [0.05, 0.1) is 0 Å². The summed E-state index contributed by atoms with van der Waals surface area (Å²) in [6.45, 7) is 4.45. The number of nitrogens with one attached hydrogen (secondary N) is 1. The fourth-order valence-corrected chi connectivity index (χ4v) is 2.37. The van der Waals surface area contributed by atoms with Crippen molar-refractivity contribution in [2.45, 2.75) is 32.5 Å². The van der Waals surface area contributed by atoms with E-state index in [1.807, 2.05) is 20.1 Å². The molecule has 0 amide bonds. The topological polar surface area (TPSA) is 41.0 Å². The predicted molar refractivity (Wildman–Crippen MR) is 82.1 cm³/mol. The van der Waals surface area contributed by atoms with Crippen molar-refractivity contribution in [3.63, 3.8) is 0 Å². The quantitative estimate of drug-likeness (QED) is 0.832. The van der Waals surface area contributed by atoms with E-state index in [0.717, 1.165) is 12.2 Å². The Morgan fingerprint density at radius 2 is 2.05 bits per heavy atom. The highest BCUT2D eigenvalue weighted by molar-refractivity contribution is 7.98. The van der Waals surface area contributed by atoms with Crippen LogP contribution < -0.4 is 10.2 Å². The molecule has 21 heavy (non-hydrogen) atoms. The van der Waals surface area contributed by atoms with E-state index in [1.165, 1.54) is 0 Å². The average Bonchev–Trinajstić information content (AvgIpc) is 2.43. The summed E-state index contributed by atoms with van der Waals surface area (Å²) in [7, 11) is 1.74. The van der Waals surface area contributed by atoms with Gasteiger partial charge in [-0.05, 0) is 19.6 Å². The molecule has 0 fully saturated rings. The van der Waals surface area contributed by atoms with Gasteiger partial charge in [0.1, 0.15) is 11.6 Å². The van der Waals surface area contributed by atoms with Crippen LogP contribution in [0.2, 0.25) is 0 Å². The molecule has 1 N–H and O–H groups in total. The average molecular weight is 322 g/mol. The Hall–Kier alpha value is -1.18. The predicted octanol–water partition coefficient (Wildman–Crippen LogP) is 3.51. The number of thioether (sulfide) groups is 1. The molecule has 0 radical (unpaired) electrons. The summed E-state index contributed by atoms with van der Waals surface area (Å²) in [4.78, 5) is 8.95. The molecule has 1 rings (SSSR count). The molecule has 0 aromatic carbocycles. The first-order valence-electron chi connectivity index (χ1n) is 6.71. The molecule has 0 bridgehead atoms. The molecule has 0 spiro atoms. The van der Waals surface area contributed by atoms with Crippen LogP contribution in [0, 0.1) is 0 Å². The van der Waals surface area contributed by atoms with E-state index >= 15 is 0 Å². The zero-order chi connectivity index (χ0) is 16.0. The highest BCUT2D eigenvalue weighted by Gasteiger charge is 2.36. The first-order chi connectivity index (χ1) is 9.79. The third-order valence-corrected chi connectivity index (χ3v) is 3.77. The van der Waals surface area contributed by atoms with E-state index in [4.69, 9.17) is 0 Å². The molecule has 1 heterocycles. The number of anilines is 2. The van der Waals surface area contributed by atoms with E-state index in [1.54, 1.807) is 29.8 Å². The first-order valence-corrected chi connectivity index (χ1v) is 8.10. The van der Waals surface area contributed by atoms with E-state index in [-0.39, 0.29) is 17.7 Å². The minimum atomic E-state index is -4.55. The van der Waals surface area contributed by atoms with Crippen LogP contribution in [-0.4, -0.2) is 41.6 Å². The van der Waals surface area contributed by atoms with Crippen LogP contribution in [-0.2, 0) is 6.18 Å². The highest BCUT2D eigenvalue weighted by atomic mass is 32.2. The molecule has 0 aliphatic carbocycles. The number of rotatable bonds is 7. The van der Waals surface area contributed by atoms with Crippen molar-refractivity contribution < 1.29 is 13.2 Å². The minimum absolute atomic E-state index is 0.0787. The SMILES string of the molecule is CCCNc1cc(N(C)C(C)CSC)nc(C(F)(F)F)n1. The van der Waals surface area contributed by atoms with Crippen molar-refractivity contribution in [2.75, 3.05) is 35.8 Å². The van der Waals surface area contributed by atoms with Crippen LogP contribution in [0.4, 0.5) is 24.8 Å². The maximum absolute atomic E-state index is 12.9. The van der Waals surface area contributed by atoms with Crippen LogP contribution in [0.3, 0.4) is 0 Å². The van der Waals surface area contributed by atoms with E-state index < -0.39 is 12.0 Å². The van der Waals surface area contributed by atoms with E-state index in [9.17, 15) is 13.2 Å². The lowest BCUT2D eigenvalue weighted by molar-refractivity contribution is -0.144. The second-order valence-electron chi connectivity index (χ2n) is 4.77. The lowest BCUT2D eigenvalue weighted by Gasteiger charge is -2.26. The van der Waals surface area contributed by atoms with Crippen molar-refractivity contribution in [1.29, 1.82) is 0 Å². The van der Waals surface area contributed by atoms with E-state index in [2.05, 4.69) is 15.3 Å². The molecule has 0 aliphatic rings. The van der Waals surface area contributed by atoms with Crippen molar-refractivity contribution in [3.8, 4) is 0 Å². The smallest absolute Gasteiger partial charge is 0.370 e. The number of alkyl halides is 3. The minimum Gasteiger partial charge on any atom is -0.370 e. The second kappa shape index (κ2) is 7.72. The summed E-state index contributed by atoms with van der Waals surface area (Å²) in [5, 5.41) is 2.89. The number of halogens is 3. The Balaban J connectivity index is 3.11. The van der Waals surface area contributed by atoms with Crippen LogP contribution >= 0.6 is 11.8 Å². The standard InChI is InChI=1S/C13H21F3N4S/c1-5-6-17-10-7-11(20(3)9(2)8-21-4)19-12(18-10)13(14,15)16/h7,9H,5-6,8H2,1-4H3,(H,17,18,19). The maximum Gasteiger partial charge on any atom is 0.451 e. The Kier molecular flexibility index (Phi) is 6.57. The van der Waals surface area contributed by atoms with Crippen molar-refractivity contribution in [3.05, 3.63) is 11.9 Å². The third kappa shape index (κ3) is 5.26. The largest absolute Gasteiger partial charge is 0.451 e. The Morgan fingerprint density at radius 1 is 1.38 bits per heavy atom. The summed E-state index contributed by atoms with van der Waals surface area (Å²) in [5.74, 6) is 0.177. The highest BCUT2D eigenvalue weighted by Crippen LogP contribution is 2.29. The molecular weight excluding hydrogens is 301 g/mol. The fraction of sp³-hybridized carbons (Fsp3) is 0.692. The molecule has 0 aliphatic heterocycles. The van der Waals surface area contributed by atoms with Gasteiger partial charge in [-0.25, -0.2) is 9.97 Å². The van der Waals surface area contributed by atoms with Gasteiger partial charge in [-0.15, -0.1) is 0 Å². The van der Waals surface area contributed by atoms with Gasteiger partial charge < -0.3 is 10.2 Å². The lowest BCUT2D eigenvalue weighted by Crippen LogP contribution is -2.32. The van der Waals surface area contributed by atoms with Gasteiger partial charge in [0, 0.05) is 31.5 Å². The Morgan fingerprint density at radius 3 is 2.57 bits per heavy atom. The summed E-state index contributed by atoms with van der Waals surface area (Å²) in [5.41, 5.74) is 0. The van der Waals surface area contributed by atoms with Crippen LogP contribution in [0.1, 0.15) is 26.1 Å². The van der Waals surface area contributed by atoms with Gasteiger partial charge in [-0.1, -0.05) is 6.92 Å². The molecule has 1 aromatic heterocycles. The van der Waals surface area contributed by atoms with Crippen molar-refractivity contribution in [2.24, 2.45) is 0 Å². The summed E-state index contributed by atoms with van der Waals surface area (Å²) < 4.78 is 38.7. The Bertz CT molecular complexity index is 454. The van der Waals surface area contributed by atoms with Gasteiger partial charge in [0.25, 0.3) is 0 Å². The molecule has 4 nitrogen and oxygen atoms in total. The van der Waals surface area contributed by atoms with Gasteiger partial charge >= 0.3 is 6.18 Å². The Labute approximate surface area is 127 Å². The van der Waals surface area contributed by atoms with Gasteiger partial charge in [-0.3, -0.25) is 0 Å². The molecule has 8 heteroatoms. The monoisotopic (exact) mass is 322 g/mol. The third-order valence-electron chi connectivity index (χ3n) is 2.95. The van der Waals surface area contributed by atoms with Crippen LogP contribution in [0.5, 0.6) is 0 Å². The van der Waals surface area contributed by atoms with Crippen LogP contribution in [0.15, 0.2) is 6.07 Å². The first kappa shape index (κ1) is 17.9. The number of hydrogen-bond acceptors (Lipinski definition) is 5. The van der Waals surface area contributed by atoms with Gasteiger partial charge in [0.2, 0.25) is 5.82 Å². The van der Waals surface area contributed by atoms with Crippen molar-refractivity contribution in [1.82, 2.24) is 9.97 Å². The molecular formula is C13H21F3N4S. The zero-order valence-electron chi connectivity index (χ0n) is 12.7. The fourth-order valence-electron chi connectivity index (χ4n) is 1.66. The van der Waals surface area contributed by atoms with Gasteiger partial charge in [0.15, 0.2) is 0 Å². The number of nitrogens with zero attached hydrogens (tertiary/aromatic N) is 3. The molecule has 0 saturated heterocycles. The maximum atomic E-state index is 12.9. The molecule has 1 atom stereocenters. The summed E-state index contributed by atoms with van der Waals surface area (Å²) in [6, 6.07) is 1.64. The summed E-state index contributed by atoms with van der Waals surface area (Å²) in [6.07, 6.45) is -1.79. The number of aromatic nitrogens is 2. The van der Waals surface area contributed by atoms with Gasteiger partial charge in [-0.2, -0.15) is 24.9 Å².